The minimum absolute atomic E-state index is 0.313. The molecule has 0 atom stereocenters. The summed E-state index contributed by atoms with van der Waals surface area (Å²) in [5, 5.41) is 5.13. The Morgan fingerprint density at radius 3 is 2.45 bits per heavy atom. The number of ether oxygens (including phenoxy) is 2. The number of para-hydroxylation sites is 1. The number of methoxy groups -OCH3 is 1. The van der Waals surface area contributed by atoms with Crippen LogP contribution in [0.1, 0.15) is 15.9 Å². The van der Waals surface area contributed by atoms with Crippen LogP contribution in [0.3, 0.4) is 0 Å². The molecule has 7 nitrogen and oxygen atoms in total. The van der Waals surface area contributed by atoms with E-state index in [1.54, 1.807) is 36.0 Å². The maximum absolute atomic E-state index is 12.1. The Hall–Kier alpha value is -3.00. The molecule has 0 heterocycles. The largest absolute Gasteiger partial charge is 0.496 e. The molecule has 0 fully saturated rings. The molecule has 0 radical (unpaired) electrons. The van der Waals surface area contributed by atoms with Crippen molar-refractivity contribution in [1.82, 2.24) is 10.6 Å². The Labute approximate surface area is 174 Å². The second-order valence-electron chi connectivity index (χ2n) is 5.93. The van der Waals surface area contributed by atoms with Crippen molar-refractivity contribution >= 4 is 29.5 Å². The lowest BCUT2D eigenvalue weighted by Gasteiger charge is -2.09. The minimum Gasteiger partial charge on any atom is -0.496 e. The summed E-state index contributed by atoms with van der Waals surface area (Å²) in [5.74, 6) is 0.500. The zero-order chi connectivity index (χ0) is 20.9. The van der Waals surface area contributed by atoms with Crippen LogP contribution in [0, 0.1) is 0 Å². The predicted octanol–water partition coefficient (Wildman–Crippen LogP) is 2.02. The molecule has 154 valence electrons. The van der Waals surface area contributed by atoms with Gasteiger partial charge >= 0.3 is 5.97 Å². The van der Waals surface area contributed by atoms with Crippen molar-refractivity contribution in [2.75, 3.05) is 32.6 Å². The van der Waals surface area contributed by atoms with Crippen LogP contribution in [0.15, 0.2) is 54.6 Å². The van der Waals surface area contributed by atoms with Crippen molar-refractivity contribution in [1.29, 1.82) is 0 Å². The number of carbonyl (C=O) groups excluding carboxylic acids is 3. The van der Waals surface area contributed by atoms with E-state index in [4.69, 9.17) is 9.47 Å². The molecule has 0 spiro atoms. The molecule has 29 heavy (non-hydrogen) atoms. The van der Waals surface area contributed by atoms with Crippen molar-refractivity contribution in [2.24, 2.45) is 0 Å². The summed E-state index contributed by atoms with van der Waals surface area (Å²) >= 11 is 1.70. The highest BCUT2D eigenvalue weighted by atomic mass is 32.2. The second-order valence-corrected chi connectivity index (χ2v) is 7.04. The van der Waals surface area contributed by atoms with Gasteiger partial charge in [-0.2, -0.15) is 11.8 Å². The summed E-state index contributed by atoms with van der Waals surface area (Å²) in [7, 11) is 1.46. The van der Waals surface area contributed by atoms with Crippen LogP contribution in [-0.2, 0) is 20.1 Å². The number of hydrogen-bond donors (Lipinski definition) is 2. The van der Waals surface area contributed by atoms with Gasteiger partial charge in [-0.25, -0.2) is 0 Å². The van der Waals surface area contributed by atoms with Gasteiger partial charge in [0.05, 0.1) is 12.7 Å². The van der Waals surface area contributed by atoms with Gasteiger partial charge in [0, 0.05) is 18.1 Å². The topological polar surface area (TPSA) is 93.7 Å². The van der Waals surface area contributed by atoms with E-state index >= 15 is 0 Å². The van der Waals surface area contributed by atoms with Gasteiger partial charge in [-0.05, 0) is 17.7 Å². The number of thioether (sulfide) groups is 1. The van der Waals surface area contributed by atoms with E-state index in [1.807, 2.05) is 18.2 Å². The maximum atomic E-state index is 12.1. The third-order valence-electron chi connectivity index (χ3n) is 3.79. The van der Waals surface area contributed by atoms with E-state index in [9.17, 15) is 14.4 Å². The van der Waals surface area contributed by atoms with Crippen molar-refractivity contribution in [3.63, 3.8) is 0 Å². The molecule has 2 amide bonds. The molecule has 0 aromatic heterocycles. The van der Waals surface area contributed by atoms with E-state index in [1.165, 1.54) is 12.7 Å². The first-order chi connectivity index (χ1) is 14.1. The fraction of sp³-hybridized carbons (Fsp3) is 0.286. The monoisotopic (exact) mass is 416 g/mol. The molecular formula is C21H24N2O5S. The molecule has 0 unspecified atom stereocenters. The fourth-order valence-corrected chi connectivity index (χ4v) is 3.17. The Balaban J connectivity index is 1.57. The van der Waals surface area contributed by atoms with E-state index in [0.717, 1.165) is 11.5 Å². The molecule has 8 heteroatoms. The number of nitrogens with one attached hydrogen (secondary N) is 2. The molecule has 2 aromatic rings. The quantitative estimate of drug-likeness (QED) is 0.430. The SMILES string of the molecule is COc1ccccc1C(=O)NCC(=O)OCC(=O)NCCSCc1ccccc1. The molecule has 0 aliphatic heterocycles. The van der Waals surface area contributed by atoms with Gasteiger partial charge in [0.1, 0.15) is 12.3 Å². The second kappa shape index (κ2) is 12.5. The standard InChI is InChI=1S/C21H24N2O5S/c1-27-18-10-6-5-9-17(18)21(26)23-13-20(25)28-14-19(24)22-11-12-29-15-16-7-3-2-4-8-16/h2-10H,11-15H2,1H3,(H,22,24)(H,23,26). The van der Waals surface area contributed by atoms with Gasteiger partial charge in [0.15, 0.2) is 6.61 Å². The van der Waals surface area contributed by atoms with Gasteiger partial charge in [-0.3, -0.25) is 14.4 Å². The average molecular weight is 416 g/mol. The first-order valence-corrected chi connectivity index (χ1v) is 10.2. The summed E-state index contributed by atoms with van der Waals surface area (Å²) in [6, 6.07) is 16.7. The van der Waals surface area contributed by atoms with Crippen LogP contribution in [0.5, 0.6) is 5.75 Å². The van der Waals surface area contributed by atoms with Crippen molar-refractivity contribution in [3.05, 3.63) is 65.7 Å². The minimum atomic E-state index is -0.693. The number of benzene rings is 2. The highest BCUT2D eigenvalue weighted by molar-refractivity contribution is 7.98. The average Bonchev–Trinajstić information content (AvgIpc) is 2.76. The van der Waals surface area contributed by atoms with Gasteiger partial charge in [0.25, 0.3) is 11.8 Å². The Morgan fingerprint density at radius 1 is 0.966 bits per heavy atom. The lowest BCUT2D eigenvalue weighted by molar-refractivity contribution is -0.147. The smallest absolute Gasteiger partial charge is 0.325 e. The zero-order valence-corrected chi connectivity index (χ0v) is 17.0. The van der Waals surface area contributed by atoms with Crippen LogP contribution in [0.4, 0.5) is 0 Å². The van der Waals surface area contributed by atoms with Gasteiger partial charge in [-0.1, -0.05) is 42.5 Å². The van der Waals surface area contributed by atoms with Gasteiger partial charge in [-0.15, -0.1) is 0 Å². The maximum Gasteiger partial charge on any atom is 0.325 e. The summed E-state index contributed by atoms with van der Waals surface area (Å²) in [6.45, 7) is -0.234. The number of carbonyl (C=O) groups is 3. The third kappa shape index (κ3) is 8.27. The first-order valence-electron chi connectivity index (χ1n) is 9.05. The lowest BCUT2D eigenvalue weighted by atomic mass is 10.2. The lowest BCUT2D eigenvalue weighted by Crippen LogP contribution is -2.34. The van der Waals surface area contributed by atoms with Crippen molar-refractivity contribution in [3.8, 4) is 5.75 Å². The summed E-state index contributed by atoms with van der Waals surface area (Å²) < 4.78 is 9.97. The summed E-state index contributed by atoms with van der Waals surface area (Å²) in [6.07, 6.45) is 0. The Kier molecular flexibility index (Phi) is 9.57. The number of esters is 1. The summed E-state index contributed by atoms with van der Waals surface area (Å²) in [4.78, 5) is 35.5. The fourth-order valence-electron chi connectivity index (χ4n) is 2.35. The van der Waals surface area contributed by atoms with E-state index in [2.05, 4.69) is 22.8 Å². The van der Waals surface area contributed by atoms with Crippen LogP contribution in [0.2, 0.25) is 0 Å². The summed E-state index contributed by atoms with van der Waals surface area (Å²) in [5.41, 5.74) is 1.54. The zero-order valence-electron chi connectivity index (χ0n) is 16.2. The van der Waals surface area contributed by atoms with Crippen molar-refractivity contribution < 1.29 is 23.9 Å². The Bertz CT molecular complexity index is 814. The molecule has 0 bridgehead atoms. The van der Waals surface area contributed by atoms with Crippen molar-refractivity contribution in [2.45, 2.75) is 5.75 Å². The normalized spacial score (nSPS) is 10.1. The van der Waals surface area contributed by atoms with E-state index in [0.29, 0.717) is 17.9 Å². The van der Waals surface area contributed by atoms with Crippen LogP contribution in [0.25, 0.3) is 0 Å². The van der Waals surface area contributed by atoms with E-state index in [-0.39, 0.29) is 19.1 Å². The number of rotatable bonds is 11. The first kappa shape index (κ1) is 22.3. The highest BCUT2D eigenvalue weighted by Crippen LogP contribution is 2.16. The van der Waals surface area contributed by atoms with Crippen LogP contribution < -0.4 is 15.4 Å². The number of amides is 2. The highest BCUT2D eigenvalue weighted by Gasteiger charge is 2.13. The predicted molar refractivity (Wildman–Crippen MR) is 112 cm³/mol. The van der Waals surface area contributed by atoms with Crippen LogP contribution >= 0.6 is 11.8 Å². The molecule has 0 aliphatic rings. The van der Waals surface area contributed by atoms with Gasteiger partial charge in [0.2, 0.25) is 0 Å². The molecule has 0 saturated heterocycles. The molecular weight excluding hydrogens is 392 g/mol. The Morgan fingerprint density at radius 2 is 1.69 bits per heavy atom. The molecule has 2 aromatic carbocycles. The van der Waals surface area contributed by atoms with Crippen LogP contribution in [-0.4, -0.2) is 50.3 Å². The van der Waals surface area contributed by atoms with Gasteiger partial charge < -0.3 is 20.1 Å². The van der Waals surface area contributed by atoms with E-state index < -0.39 is 11.9 Å². The molecule has 0 saturated carbocycles. The third-order valence-corrected chi connectivity index (χ3v) is 4.82. The molecule has 2 rings (SSSR count). The molecule has 0 aliphatic carbocycles. The molecule has 2 N–H and O–H groups in total. The number of hydrogen-bond acceptors (Lipinski definition) is 6.